The van der Waals surface area contributed by atoms with Gasteiger partial charge in [-0.15, -0.1) is 0 Å². The fourth-order valence-electron chi connectivity index (χ4n) is 1.21. The van der Waals surface area contributed by atoms with E-state index in [0.717, 1.165) is 18.7 Å². The van der Waals surface area contributed by atoms with Gasteiger partial charge in [0.2, 0.25) is 5.91 Å². The molecule has 1 amide bonds. The highest BCUT2D eigenvalue weighted by Gasteiger charge is 2.01. The summed E-state index contributed by atoms with van der Waals surface area (Å²) in [5, 5.41) is 9.91. The molecule has 0 atom stereocenters. The van der Waals surface area contributed by atoms with Crippen molar-refractivity contribution in [2.75, 3.05) is 13.1 Å². The van der Waals surface area contributed by atoms with Crippen LogP contribution >= 0.6 is 0 Å². The van der Waals surface area contributed by atoms with Crippen molar-refractivity contribution in [3.63, 3.8) is 0 Å². The molecule has 0 saturated heterocycles. The Labute approximate surface area is 89.9 Å². The molecule has 5 heteroatoms. The van der Waals surface area contributed by atoms with E-state index in [2.05, 4.69) is 15.7 Å². The number of aryl methyl sites for hydroxylation is 1. The summed E-state index contributed by atoms with van der Waals surface area (Å²) < 4.78 is 1.79. The molecule has 84 valence electrons. The van der Waals surface area contributed by atoms with Gasteiger partial charge in [0, 0.05) is 26.3 Å². The predicted molar refractivity (Wildman–Crippen MR) is 58.2 cm³/mol. The number of aromatic nitrogens is 2. The molecule has 0 aliphatic heterocycles. The predicted octanol–water partition coefficient (Wildman–Crippen LogP) is 0.0359. The molecular weight excluding hydrogens is 192 g/mol. The van der Waals surface area contributed by atoms with E-state index in [-0.39, 0.29) is 5.91 Å². The average molecular weight is 210 g/mol. The van der Waals surface area contributed by atoms with Gasteiger partial charge in [-0.3, -0.25) is 9.48 Å². The van der Waals surface area contributed by atoms with Crippen LogP contribution in [0.1, 0.15) is 19.0 Å². The van der Waals surface area contributed by atoms with Crippen molar-refractivity contribution in [2.24, 2.45) is 7.05 Å². The van der Waals surface area contributed by atoms with Gasteiger partial charge in [-0.05, 0) is 12.5 Å². The van der Waals surface area contributed by atoms with Crippen LogP contribution in [-0.2, 0) is 18.4 Å². The van der Waals surface area contributed by atoms with Crippen LogP contribution in [0.15, 0.2) is 12.3 Å². The SMILES string of the molecule is CCCNC(=O)CNCc1ccnn1C. The third kappa shape index (κ3) is 4.12. The lowest BCUT2D eigenvalue weighted by Gasteiger charge is -2.05. The summed E-state index contributed by atoms with van der Waals surface area (Å²) in [6.07, 6.45) is 2.71. The maximum atomic E-state index is 11.2. The summed E-state index contributed by atoms with van der Waals surface area (Å²) in [5.74, 6) is 0.0408. The van der Waals surface area contributed by atoms with Crippen LogP contribution in [0.3, 0.4) is 0 Å². The smallest absolute Gasteiger partial charge is 0.233 e. The monoisotopic (exact) mass is 210 g/mol. The van der Waals surface area contributed by atoms with E-state index in [0.29, 0.717) is 13.1 Å². The Morgan fingerprint density at radius 2 is 2.40 bits per heavy atom. The summed E-state index contributed by atoms with van der Waals surface area (Å²) >= 11 is 0. The molecule has 0 aliphatic carbocycles. The van der Waals surface area contributed by atoms with Crippen LogP contribution in [0.2, 0.25) is 0 Å². The van der Waals surface area contributed by atoms with Crippen molar-refractivity contribution in [1.82, 2.24) is 20.4 Å². The van der Waals surface area contributed by atoms with E-state index in [1.54, 1.807) is 10.9 Å². The van der Waals surface area contributed by atoms with Crippen LogP contribution in [0.5, 0.6) is 0 Å². The van der Waals surface area contributed by atoms with Crippen molar-refractivity contribution in [2.45, 2.75) is 19.9 Å². The molecule has 0 bridgehead atoms. The Balaban J connectivity index is 2.16. The minimum atomic E-state index is 0.0408. The molecule has 1 aromatic heterocycles. The summed E-state index contributed by atoms with van der Waals surface area (Å²) in [7, 11) is 1.88. The van der Waals surface area contributed by atoms with Crippen molar-refractivity contribution >= 4 is 5.91 Å². The topological polar surface area (TPSA) is 59.0 Å². The molecule has 1 heterocycles. The lowest BCUT2D eigenvalue weighted by Crippen LogP contribution is -2.34. The maximum absolute atomic E-state index is 11.2. The van der Waals surface area contributed by atoms with Gasteiger partial charge in [0.05, 0.1) is 12.2 Å². The highest BCUT2D eigenvalue weighted by Crippen LogP contribution is 1.93. The Kier molecular flexibility index (Phi) is 4.83. The van der Waals surface area contributed by atoms with E-state index in [1.165, 1.54) is 0 Å². The van der Waals surface area contributed by atoms with Crippen LogP contribution in [0.4, 0.5) is 0 Å². The number of rotatable bonds is 6. The molecular formula is C10H18N4O. The van der Waals surface area contributed by atoms with Gasteiger partial charge < -0.3 is 10.6 Å². The van der Waals surface area contributed by atoms with Gasteiger partial charge in [0.1, 0.15) is 0 Å². The van der Waals surface area contributed by atoms with Crippen LogP contribution in [0.25, 0.3) is 0 Å². The summed E-state index contributed by atoms with van der Waals surface area (Å²) in [6.45, 7) is 3.79. The molecule has 0 aromatic carbocycles. The standard InChI is InChI=1S/C10H18N4O/c1-3-5-12-10(15)8-11-7-9-4-6-13-14(9)2/h4,6,11H,3,5,7-8H2,1-2H3,(H,12,15). The third-order valence-corrected chi connectivity index (χ3v) is 2.09. The van der Waals surface area contributed by atoms with Gasteiger partial charge in [0.15, 0.2) is 0 Å². The average Bonchev–Trinajstić information content (AvgIpc) is 2.61. The molecule has 2 N–H and O–H groups in total. The number of nitrogens with one attached hydrogen (secondary N) is 2. The van der Waals surface area contributed by atoms with Gasteiger partial charge >= 0.3 is 0 Å². The zero-order valence-corrected chi connectivity index (χ0v) is 9.29. The number of hydrogen-bond acceptors (Lipinski definition) is 3. The van der Waals surface area contributed by atoms with Crippen molar-refractivity contribution in [3.05, 3.63) is 18.0 Å². The second-order valence-electron chi connectivity index (χ2n) is 3.40. The first-order valence-corrected chi connectivity index (χ1v) is 5.18. The minimum Gasteiger partial charge on any atom is -0.355 e. The fourth-order valence-corrected chi connectivity index (χ4v) is 1.21. The Hall–Kier alpha value is -1.36. The fraction of sp³-hybridized carbons (Fsp3) is 0.600. The lowest BCUT2D eigenvalue weighted by molar-refractivity contribution is -0.120. The van der Waals surface area contributed by atoms with E-state index in [9.17, 15) is 4.79 Å². The normalized spacial score (nSPS) is 10.3. The molecule has 0 saturated carbocycles. The second kappa shape index (κ2) is 6.19. The quantitative estimate of drug-likeness (QED) is 0.696. The van der Waals surface area contributed by atoms with E-state index in [1.807, 2.05) is 20.0 Å². The Morgan fingerprint density at radius 3 is 3.00 bits per heavy atom. The Bertz CT molecular complexity index is 308. The highest BCUT2D eigenvalue weighted by molar-refractivity contribution is 5.77. The molecule has 0 spiro atoms. The largest absolute Gasteiger partial charge is 0.355 e. The summed E-state index contributed by atoms with van der Waals surface area (Å²) in [6, 6.07) is 1.93. The van der Waals surface area contributed by atoms with Crippen LogP contribution in [-0.4, -0.2) is 28.8 Å². The molecule has 0 radical (unpaired) electrons. The van der Waals surface area contributed by atoms with Crippen LogP contribution < -0.4 is 10.6 Å². The first-order chi connectivity index (χ1) is 7.24. The van der Waals surface area contributed by atoms with Gasteiger partial charge in [-0.25, -0.2) is 0 Å². The van der Waals surface area contributed by atoms with Crippen molar-refractivity contribution < 1.29 is 4.79 Å². The van der Waals surface area contributed by atoms with Crippen molar-refractivity contribution in [1.29, 1.82) is 0 Å². The number of carbonyl (C=O) groups is 1. The molecule has 0 fully saturated rings. The molecule has 5 nitrogen and oxygen atoms in total. The zero-order valence-electron chi connectivity index (χ0n) is 9.29. The molecule has 15 heavy (non-hydrogen) atoms. The van der Waals surface area contributed by atoms with Crippen LogP contribution in [0, 0.1) is 0 Å². The van der Waals surface area contributed by atoms with E-state index >= 15 is 0 Å². The summed E-state index contributed by atoms with van der Waals surface area (Å²) in [4.78, 5) is 11.2. The maximum Gasteiger partial charge on any atom is 0.233 e. The highest BCUT2D eigenvalue weighted by atomic mass is 16.1. The van der Waals surface area contributed by atoms with Crippen molar-refractivity contribution in [3.8, 4) is 0 Å². The lowest BCUT2D eigenvalue weighted by atomic mass is 10.4. The first kappa shape index (κ1) is 11.7. The second-order valence-corrected chi connectivity index (χ2v) is 3.40. The molecule has 0 aliphatic rings. The summed E-state index contributed by atoms with van der Waals surface area (Å²) in [5.41, 5.74) is 1.07. The minimum absolute atomic E-state index is 0.0408. The van der Waals surface area contributed by atoms with E-state index in [4.69, 9.17) is 0 Å². The van der Waals surface area contributed by atoms with Gasteiger partial charge in [0.25, 0.3) is 0 Å². The number of nitrogens with zero attached hydrogens (tertiary/aromatic N) is 2. The molecule has 0 unspecified atom stereocenters. The molecule has 1 rings (SSSR count). The number of carbonyl (C=O) groups excluding carboxylic acids is 1. The van der Waals surface area contributed by atoms with Gasteiger partial charge in [-0.1, -0.05) is 6.92 Å². The number of hydrogen-bond donors (Lipinski definition) is 2. The Morgan fingerprint density at radius 1 is 1.60 bits per heavy atom. The third-order valence-electron chi connectivity index (χ3n) is 2.09. The van der Waals surface area contributed by atoms with Gasteiger partial charge in [-0.2, -0.15) is 5.10 Å². The zero-order chi connectivity index (χ0) is 11.1. The van der Waals surface area contributed by atoms with E-state index < -0.39 is 0 Å². The first-order valence-electron chi connectivity index (χ1n) is 5.18. The molecule has 1 aromatic rings. The number of amides is 1.